The minimum Gasteiger partial charge on any atom is -0.256 e. The summed E-state index contributed by atoms with van der Waals surface area (Å²) in [6.07, 6.45) is 5.16. The summed E-state index contributed by atoms with van der Waals surface area (Å²) in [7, 11) is 0. The molecule has 0 radical (unpaired) electrons. The molecule has 1 heterocycles. The number of rotatable bonds is 4. The Morgan fingerprint density at radius 1 is 0.833 bits per heavy atom. The van der Waals surface area contributed by atoms with Crippen LogP contribution in [0.5, 0.6) is 0 Å². The van der Waals surface area contributed by atoms with Gasteiger partial charge in [0, 0.05) is 17.3 Å². The number of hydrogen-bond acceptors (Lipinski definition) is 1. The fourth-order valence-corrected chi connectivity index (χ4v) is 3.33. The standard InChI is InChI=1S/C27H21F2N/c1-2-3-4-20-7-14-27(30-18-20)24-11-10-21(26(29)17-24)8-5-19-6-9-23-16-25(28)13-12-22(23)15-19/h6-7,9-18H,2-4H2,1H3. The molecule has 148 valence electrons. The lowest BCUT2D eigenvalue weighted by atomic mass is 10.0. The first-order chi connectivity index (χ1) is 14.6. The van der Waals surface area contributed by atoms with Crippen LogP contribution in [-0.2, 0) is 6.42 Å². The number of halogens is 2. The SMILES string of the molecule is CCCCc1ccc(-c2ccc(C#Cc3ccc4cc(F)ccc4c3)c(F)c2)nc1. The number of nitrogens with zero attached hydrogens (tertiary/aromatic N) is 1. The van der Waals surface area contributed by atoms with Crippen LogP contribution in [0.25, 0.3) is 22.0 Å². The highest BCUT2D eigenvalue weighted by Gasteiger charge is 2.05. The van der Waals surface area contributed by atoms with Crippen LogP contribution in [-0.4, -0.2) is 4.98 Å². The second-order valence-electron chi connectivity index (χ2n) is 7.31. The van der Waals surface area contributed by atoms with E-state index in [0.29, 0.717) is 5.56 Å². The predicted octanol–water partition coefficient (Wildman–Crippen LogP) is 6.92. The normalized spacial score (nSPS) is 10.6. The quantitative estimate of drug-likeness (QED) is 0.341. The Morgan fingerprint density at radius 2 is 1.67 bits per heavy atom. The topological polar surface area (TPSA) is 12.9 Å². The molecule has 0 fully saturated rings. The monoisotopic (exact) mass is 397 g/mol. The van der Waals surface area contributed by atoms with Crippen molar-refractivity contribution in [2.75, 3.05) is 0 Å². The average molecular weight is 397 g/mol. The zero-order valence-corrected chi connectivity index (χ0v) is 16.8. The largest absolute Gasteiger partial charge is 0.256 e. The summed E-state index contributed by atoms with van der Waals surface area (Å²) >= 11 is 0. The number of unbranched alkanes of at least 4 members (excludes halogenated alkanes) is 1. The molecule has 0 atom stereocenters. The van der Waals surface area contributed by atoms with E-state index < -0.39 is 0 Å². The molecular weight excluding hydrogens is 376 g/mol. The van der Waals surface area contributed by atoms with E-state index in [2.05, 4.69) is 29.8 Å². The summed E-state index contributed by atoms with van der Waals surface area (Å²) in [5, 5.41) is 1.71. The highest BCUT2D eigenvalue weighted by atomic mass is 19.1. The van der Waals surface area contributed by atoms with Gasteiger partial charge in [-0.2, -0.15) is 0 Å². The molecule has 0 aliphatic rings. The first kappa shape index (κ1) is 19.8. The Bertz CT molecular complexity index is 1250. The molecule has 30 heavy (non-hydrogen) atoms. The van der Waals surface area contributed by atoms with E-state index in [0.717, 1.165) is 46.9 Å². The van der Waals surface area contributed by atoms with E-state index in [1.54, 1.807) is 12.1 Å². The van der Waals surface area contributed by atoms with Crippen molar-refractivity contribution in [3.63, 3.8) is 0 Å². The molecule has 3 aromatic carbocycles. The van der Waals surface area contributed by atoms with Crippen molar-refractivity contribution in [3.8, 4) is 23.1 Å². The van der Waals surface area contributed by atoms with Crippen LogP contribution < -0.4 is 0 Å². The van der Waals surface area contributed by atoms with Crippen molar-refractivity contribution >= 4 is 10.8 Å². The van der Waals surface area contributed by atoms with Gasteiger partial charge in [0.15, 0.2) is 0 Å². The van der Waals surface area contributed by atoms with Gasteiger partial charge in [-0.3, -0.25) is 4.98 Å². The van der Waals surface area contributed by atoms with Gasteiger partial charge in [0.2, 0.25) is 0 Å². The van der Waals surface area contributed by atoms with Gasteiger partial charge in [-0.25, -0.2) is 8.78 Å². The molecule has 1 aromatic heterocycles. The number of aryl methyl sites for hydroxylation is 1. The van der Waals surface area contributed by atoms with Gasteiger partial charge in [-0.1, -0.05) is 49.5 Å². The van der Waals surface area contributed by atoms with Crippen molar-refractivity contribution in [2.24, 2.45) is 0 Å². The van der Waals surface area contributed by atoms with E-state index in [1.165, 1.54) is 23.8 Å². The maximum atomic E-state index is 14.6. The van der Waals surface area contributed by atoms with Gasteiger partial charge in [0.05, 0.1) is 11.3 Å². The highest BCUT2D eigenvalue weighted by Crippen LogP contribution is 2.21. The third-order valence-corrected chi connectivity index (χ3v) is 5.05. The minimum absolute atomic E-state index is 0.270. The molecule has 4 rings (SSSR count). The molecule has 0 saturated heterocycles. The Hall–Kier alpha value is -3.51. The van der Waals surface area contributed by atoms with Gasteiger partial charge < -0.3 is 0 Å². The van der Waals surface area contributed by atoms with Crippen LogP contribution in [0.4, 0.5) is 8.78 Å². The summed E-state index contributed by atoms with van der Waals surface area (Å²) in [6.45, 7) is 2.16. The first-order valence-corrected chi connectivity index (χ1v) is 10.1. The molecule has 0 spiro atoms. The molecule has 0 aliphatic carbocycles. The third kappa shape index (κ3) is 4.55. The van der Waals surface area contributed by atoms with E-state index in [-0.39, 0.29) is 11.6 Å². The lowest BCUT2D eigenvalue weighted by molar-refractivity contribution is 0.625. The second-order valence-corrected chi connectivity index (χ2v) is 7.31. The Kier molecular flexibility index (Phi) is 5.86. The highest BCUT2D eigenvalue weighted by molar-refractivity contribution is 5.84. The smallest absolute Gasteiger partial charge is 0.139 e. The van der Waals surface area contributed by atoms with Crippen molar-refractivity contribution in [1.82, 2.24) is 4.98 Å². The van der Waals surface area contributed by atoms with Crippen LogP contribution in [0.1, 0.15) is 36.5 Å². The number of hydrogen-bond donors (Lipinski definition) is 0. The summed E-state index contributed by atoms with van der Waals surface area (Å²) in [5.41, 5.74) is 3.75. The van der Waals surface area contributed by atoms with E-state index in [4.69, 9.17) is 0 Å². The maximum absolute atomic E-state index is 14.6. The van der Waals surface area contributed by atoms with Gasteiger partial charge in [0.25, 0.3) is 0 Å². The Morgan fingerprint density at radius 3 is 2.43 bits per heavy atom. The predicted molar refractivity (Wildman–Crippen MR) is 118 cm³/mol. The molecular formula is C27H21F2N. The second kappa shape index (κ2) is 8.88. The van der Waals surface area contributed by atoms with E-state index >= 15 is 0 Å². The molecule has 0 amide bonds. The maximum Gasteiger partial charge on any atom is 0.139 e. The first-order valence-electron chi connectivity index (χ1n) is 10.1. The number of aromatic nitrogens is 1. The minimum atomic E-state index is -0.375. The number of fused-ring (bicyclic) bond motifs is 1. The zero-order chi connectivity index (χ0) is 20.9. The summed E-state index contributed by atoms with van der Waals surface area (Å²) in [5.74, 6) is 5.25. The van der Waals surface area contributed by atoms with Gasteiger partial charge in [-0.05, 0) is 71.6 Å². The lowest BCUT2D eigenvalue weighted by Crippen LogP contribution is -1.91. The molecule has 0 bridgehead atoms. The number of benzene rings is 3. The van der Waals surface area contributed by atoms with Crippen molar-refractivity contribution in [3.05, 3.63) is 101 Å². The number of pyridine rings is 1. The van der Waals surface area contributed by atoms with Gasteiger partial charge in [-0.15, -0.1) is 0 Å². The van der Waals surface area contributed by atoms with Gasteiger partial charge >= 0.3 is 0 Å². The molecule has 0 aliphatic heterocycles. The van der Waals surface area contributed by atoms with Crippen LogP contribution >= 0.6 is 0 Å². The Balaban J connectivity index is 1.55. The van der Waals surface area contributed by atoms with E-state index in [1.807, 2.05) is 36.5 Å². The molecule has 0 unspecified atom stereocenters. The van der Waals surface area contributed by atoms with Crippen molar-refractivity contribution in [2.45, 2.75) is 26.2 Å². The summed E-state index contributed by atoms with van der Waals surface area (Å²) < 4.78 is 27.9. The van der Waals surface area contributed by atoms with Crippen LogP contribution in [0.15, 0.2) is 72.9 Å². The lowest BCUT2D eigenvalue weighted by Gasteiger charge is -2.04. The molecule has 4 aromatic rings. The van der Waals surface area contributed by atoms with Gasteiger partial charge in [0.1, 0.15) is 11.6 Å². The summed E-state index contributed by atoms with van der Waals surface area (Å²) in [6, 6.07) is 19.1. The van der Waals surface area contributed by atoms with Crippen molar-refractivity contribution < 1.29 is 8.78 Å². The third-order valence-electron chi connectivity index (χ3n) is 5.05. The summed E-state index contributed by atoms with van der Waals surface area (Å²) in [4.78, 5) is 4.47. The Labute approximate surface area is 175 Å². The van der Waals surface area contributed by atoms with Crippen LogP contribution in [0.2, 0.25) is 0 Å². The molecule has 3 heteroatoms. The fourth-order valence-electron chi connectivity index (χ4n) is 3.33. The molecule has 1 nitrogen and oxygen atoms in total. The van der Waals surface area contributed by atoms with E-state index in [9.17, 15) is 8.78 Å². The van der Waals surface area contributed by atoms with Crippen LogP contribution in [0.3, 0.4) is 0 Å². The van der Waals surface area contributed by atoms with Crippen LogP contribution in [0, 0.1) is 23.5 Å². The zero-order valence-electron chi connectivity index (χ0n) is 16.8. The van der Waals surface area contributed by atoms with Crippen molar-refractivity contribution in [1.29, 1.82) is 0 Å². The molecule has 0 saturated carbocycles. The molecule has 0 N–H and O–H groups in total. The fraction of sp³-hybridized carbons (Fsp3) is 0.148. The average Bonchev–Trinajstić information content (AvgIpc) is 2.77.